The first-order chi connectivity index (χ1) is 7.59. The topological polar surface area (TPSA) is 46.2 Å². The van der Waals surface area contributed by atoms with Crippen molar-refractivity contribution in [3.8, 4) is 0 Å². The maximum Gasteiger partial charge on any atom is 0.0760 e. The van der Waals surface area contributed by atoms with Crippen LogP contribution in [0.2, 0.25) is 0 Å². The van der Waals surface area contributed by atoms with E-state index in [1.54, 1.807) is 0 Å². The number of halogens is 2. The molecule has 2 rings (SSSR count). The van der Waals surface area contributed by atoms with Crippen LogP contribution < -0.4 is 5.73 Å². The summed E-state index contributed by atoms with van der Waals surface area (Å²) >= 11 is 6.87. The molecule has 1 aromatic carbocycles. The van der Waals surface area contributed by atoms with Crippen LogP contribution in [0.3, 0.4) is 0 Å². The molecule has 3 N–H and O–H groups in total. The predicted octanol–water partition coefficient (Wildman–Crippen LogP) is 3.37. The van der Waals surface area contributed by atoms with Gasteiger partial charge in [-0.1, -0.05) is 12.5 Å². The second kappa shape index (κ2) is 5.17. The summed E-state index contributed by atoms with van der Waals surface area (Å²) in [7, 11) is 0. The first-order valence-electron chi connectivity index (χ1n) is 5.48. The number of nitrogens with two attached hydrogens (primary N) is 1. The molecule has 0 radical (unpaired) electrons. The minimum absolute atomic E-state index is 0.283. The number of aliphatic hydroxyl groups excluding tert-OH is 1. The summed E-state index contributed by atoms with van der Waals surface area (Å²) in [5.74, 6) is 0.387. The molecule has 1 saturated carbocycles. The van der Waals surface area contributed by atoms with Gasteiger partial charge < -0.3 is 10.8 Å². The number of hydrogen-bond donors (Lipinski definition) is 2. The molecule has 1 aromatic rings. The van der Waals surface area contributed by atoms with E-state index in [0.717, 1.165) is 27.4 Å². The SMILES string of the molecule is N[C@@H](c1ccc(Br)c(Br)c1)[C@H](O)C1CCC1. The third-order valence-electron chi connectivity index (χ3n) is 3.33. The van der Waals surface area contributed by atoms with Crippen molar-refractivity contribution in [2.24, 2.45) is 11.7 Å². The predicted molar refractivity (Wildman–Crippen MR) is 72.1 cm³/mol. The number of aliphatic hydroxyl groups is 1. The molecule has 1 aliphatic rings. The monoisotopic (exact) mass is 347 g/mol. The van der Waals surface area contributed by atoms with Gasteiger partial charge in [0.05, 0.1) is 12.1 Å². The normalized spacial score (nSPS) is 20.2. The Balaban J connectivity index is 2.12. The highest BCUT2D eigenvalue weighted by Crippen LogP contribution is 2.35. The molecule has 88 valence electrons. The van der Waals surface area contributed by atoms with Crippen molar-refractivity contribution in [3.63, 3.8) is 0 Å². The molecule has 1 aliphatic carbocycles. The maximum absolute atomic E-state index is 10.1. The third kappa shape index (κ3) is 2.50. The van der Waals surface area contributed by atoms with Gasteiger partial charge in [0, 0.05) is 8.95 Å². The lowest BCUT2D eigenvalue weighted by Gasteiger charge is -2.33. The van der Waals surface area contributed by atoms with Crippen molar-refractivity contribution in [1.29, 1.82) is 0 Å². The minimum Gasteiger partial charge on any atom is -0.391 e. The average molecular weight is 349 g/mol. The maximum atomic E-state index is 10.1. The second-order valence-electron chi connectivity index (χ2n) is 4.38. The van der Waals surface area contributed by atoms with Gasteiger partial charge in [0.15, 0.2) is 0 Å². The molecule has 0 spiro atoms. The van der Waals surface area contributed by atoms with E-state index in [-0.39, 0.29) is 6.04 Å². The Morgan fingerprint density at radius 2 is 1.94 bits per heavy atom. The summed E-state index contributed by atoms with van der Waals surface area (Å²) in [5, 5.41) is 10.1. The lowest BCUT2D eigenvalue weighted by molar-refractivity contribution is 0.0413. The lowest BCUT2D eigenvalue weighted by Crippen LogP contribution is -2.36. The van der Waals surface area contributed by atoms with Gasteiger partial charge in [-0.2, -0.15) is 0 Å². The van der Waals surface area contributed by atoms with Gasteiger partial charge in [-0.3, -0.25) is 0 Å². The van der Waals surface area contributed by atoms with Crippen molar-refractivity contribution in [1.82, 2.24) is 0 Å². The van der Waals surface area contributed by atoms with E-state index in [0.29, 0.717) is 5.92 Å². The first kappa shape index (κ1) is 12.6. The molecule has 16 heavy (non-hydrogen) atoms. The molecule has 0 bridgehead atoms. The van der Waals surface area contributed by atoms with Gasteiger partial charge in [0.2, 0.25) is 0 Å². The number of benzene rings is 1. The van der Waals surface area contributed by atoms with E-state index in [4.69, 9.17) is 5.73 Å². The first-order valence-corrected chi connectivity index (χ1v) is 7.07. The molecule has 0 aromatic heterocycles. The fourth-order valence-corrected chi connectivity index (χ4v) is 2.63. The van der Waals surface area contributed by atoms with Gasteiger partial charge in [-0.15, -0.1) is 0 Å². The Bertz CT molecular complexity index is 379. The minimum atomic E-state index is -0.415. The van der Waals surface area contributed by atoms with E-state index < -0.39 is 6.10 Å². The van der Waals surface area contributed by atoms with Crippen LogP contribution in [0.15, 0.2) is 27.1 Å². The highest BCUT2D eigenvalue weighted by Gasteiger charge is 2.30. The van der Waals surface area contributed by atoms with Crippen molar-refractivity contribution in [3.05, 3.63) is 32.7 Å². The largest absolute Gasteiger partial charge is 0.391 e. The Kier molecular flexibility index (Phi) is 4.06. The van der Waals surface area contributed by atoms with Crippen LogP contribution in [0, 0.1) is 5.92 Å². The summed E-state index contributed by atoms with van der Waals surface area (Å²) in [6.45, 7) is 0. The lowest BCUT2D eigenvalue weighted by atomic mass is 9.77. The fourth-order valence-electron chi connectivity index (χ4n) is 1.99. The van der Waals surface area contributed by atoms with E-state index in [9.17, 15) is 5.11 Å². The molecule has 1 fully saturated rings. The van der Waals surface area contributed by atoms with Crippen LogP contribution in [0.5, 0.6) is 0 Å². The number of hydrogen-bond acceptors (Lipinski definition) is 2. The Morgan fingerprint density at radius 1 is 1.25 bits per heavy atom. The molecule has 4 heteroatoms. The molecule has 0 aliphatic heterocycles. The Hall–Kier alpha value is 0.1000. The van der Waals surface area contributed by atoms with Crippen LogP contribution in [-0.4, -0.2) is 11.2 Å². The molecular formula is C12H15Br2NO. The van der Waals surface area contributed by atoms with E-state index in [1.807, 2.05) is 18.2 Å². The fraction of sp³-hybridized carbons (Fsp3) is 0.500. The van der Waals surface area contributed by atoms with Crippen LogP contribution >= 0.6 is 31.9 Å². The van der Waals surface area contributed by atoms with E-state index >= 15 is 0 Å². The van der Waals surface area contributed by atoms with E-state index in [1.165, 1.54) is 6.42 Å². The zero-order chi connectivity index (χ0) is 11.7. The van der Waals surface area contributed by atoms with Crippen LogP contribution in [-0.2, 0) is 0 Å². The third-order valence-corrected chi connectivity index (χ3v) is 5.21. The quantitative estimate of drug-likeness (QED) is 0.879. The summed E-state index contributed by atoms with van der Waals surface area (Å²) < 4.78 is 1.97. The van der Waals surface area contributed by atoms with Gasteiger partial charge in [-0.25, -0.2) is 0 Å². The van der Waals surface area contributed by atoms with Crippen LogP contribution in [0.25, 0.3) is 0 Å². The molecule has 0 saturated heterocycles. The summed E-state index contributed by atoms with van der Waals surface area (Å²) in [4.78, 5) is 0. The van der Waals surface area contributed by atoms with Crippen LogP contribution in [0.4, 0.5) is 0 Å². The van der Waals surface area contributed by atoms with Crippen molar-refractivity contribution in [2.75, 3.05) is 0 Å². The van der Waals surface area contributed by atoms with Crippen molar-refractivity contribution in [2.45, 2.75) is 31.4 Å². The molecule has 0 unspecified atom stereocenters. The standard InChI is InChI=1S/C12H15Br2NO/c13-9-5-4-8(6-10(9)14)11(15)12(16)7-2-1-3-7/h4-7,11-12,16H,1-3,15H2/t11-,12+/m0/s1. The zero-order valence-electron chi connectivity index (χ0n) is 8.87. The van der Waals surface area contributed by atoms with Crippen LogP contribution in [0.1, 0.15) is 30.9 Å². The highest BCUT2D eigenvalue weighted by atomic mass is 79.9. The van der Waals surface area contributed by atoms with Gasteiger partial charge >= 0.3 is 0 Å². The second-order valence-corrected chi connectivity index (χ2v) is 6.09. The highest BCUT2D eigenvalue weighted by molar-refractivity contribution is 9.13. The van der Waals surface area contributed by atoms with Crippen molar-refractivity contribution < 1.29 is 5.11 Å². The molecular weight excluding hydrogens is 334 g/mol. The zero-order valence-corrected chi connectivity index (χ0v) is 12.0. The Labute approximate surface area is 112 Å². The summed E-state index contributed by atoms with van der Waals surface area (Å²) in [6, 6.07) is 5.60. The van der Waals surface area contributed by atoms with Gasteiger partial charge in [0.25, 0.3) is 0 Å². The summed E-state index contributed by atoms with van der Waals surface area (Å²) in [6.07, 6.45) is 3.01. The van der Waals surface area contributed by atoms with Gasteiger partial charge in [-0.05, 0) is 68.3 Å². The van der Waals surface area contributed by atoms with E-state index in [2.05, 4.69) is 31.9 Å². The summed E-state index contributed by atoms with van der Waals surface area (Å²) in [5.41, 5.74) is 7.06. The van der Waals surface area contributed by atoms with Gasteiger partial charge in [0.1, 0.15) is 0 Å². The van der Waals surface area contributed by atoms with Crippen molar-refractivity contribution >= 4 is 31.9 Å². The molecule has 2 nitrogen and oxygen atoms in total. The average Bonchev–Trinajstić information content (AvgIpc) is 2.18. The Morgan fingerprint density at radius 3 is 2.44 bits per heavy atom. The molecule has 0 amide bonds. The molecule has 0 heterocycles. The number of rotatable bonds is 3. The molecule has 2 atom stereocenters. The smallest absolute Gasteiger partial charge is 0.0760 e.